The molecule has 0 N–H and O–H groups in total. The van der Waals surface area contributed by atoms with Gasteiger partial charge in [0, 0.05) is 17.1 Å². The quantitative estimate of drug-likeness (QED) is 0.482. The van der Waals surface area contributed by atoms with Gasteiger partial charge in [-0.15, -0.1) is 0 Å². The molecule has 0 aliphatic rings. The summed E-state index contributed by atoms with van der Waals surface area (Å²) in [5.74, 6) is 0. The molecule has 2 aromatic rings. The Morgan fingerprint density at radius 2 is 1.18 bits per heavy atom. The molecule has 0 fully saturated rings. The van der Waals surface area contributed by atoms with Crippen LogP contribution in [0.1, 0.15) is 33.4 Å². The van der Waals surface area contributed by atoms with E-state index in [4.69, 9.17) is 0 Å². The minimum absolute atomic E-state index is 0. The Morgan fingerprint density at radius 3 is 1.29 bits per heavy atom. The van der Waals surface area contributed by atoms with Gasteiger partial charge < -0.3 is 28.8 Å². The van der Waals surface area contributed by atoms with E-state index in [1.165, 1.54) is 33.4 Å². The smallest absolute Gasteiger partial charge is 0 e. The maximum Gasteiger partial charge on any atom is 0 e. The molecule has 0 saturated heterocycles. The Labute approximate surface area is 116 Å². The molecule has 1 heteroatoms. The number of rotatable bonds is 0. The van der Waals surface area contributed by atoms with Gasteiger partial charge in [-0.3, -0.25) is 0 Å². The normalized spacial score (nSPS) is 9.29. The van der Waals surface area contributed by atoms with E-state index >= 15 is 0 Å². The number of hydrogen-bond acceptors (Lipinski definition) is 0. The number of hydrogen-bond donors (Lipinski definition) is 0. The van der Waals surface area contributed by atoms with Crippen molar-refractivity contribution in [1.82, 2.24) is 0 Å². The van der Waals surface area contributed by atoms with Gasteiger partial charge in [0.05, 0.1) is 0 Å². The predicted octanol–water partition coefficient (Wildman–Crippen LogP) is 4.66. The van der Waals surface area contributed by atoms with Crippen molar-refractivity contribution >= 4 is 0 Å². The van der Waals surface area contributed by atoms with Crippen LogP contribution in [-0.2, 0) is 17.1 Å². The van der Waals surface area contributed by atoms with Crippen molar-refractivity contribution in [3.8, 4) is 0 Å². The van der Waals surface area contributed by atoms with E-state index in [2.05, 4.69) is 65.8 Å². The van der Waals surface area contributed by atoms with E-state index in [-0.39, 0.29) is 17.1 Å². The van der Waals surface area contributed by atoms with Gasteiger partial charge >= 0.3 is 0 Å². The maximum atomic E-state index is 2.20. The van der Waals surface area contributed by atoms with Crippen LogP contribution in [0.2, 0.25) is 0 Å². The van der Waals surface area contributed by atoms with Crippen LogP contribution in [0.3, 0.4) is 0 Å². The maximum absolute atomic E-state index is 2.20. The van der Waals surface area contributed by atoms with Crippen molar-refractivity contribution in [3.05, 3.63) is 57.6 Å². The second kappa shape index (κ2) is 6.83. The van der Waals surface area contributed by atoms with Crippen LogP contribution in [0.15, 0.2) is 24.3 Å². The largest absolute Gasteiger partial charge is 0.745 e. The molecular weight excluding hydrogens is 248 g/mol. The van der Waals surface area contributed by atoms with Crippen LogP contribution in [-0.4, -0.2) is 0 Å². The second-order valence-corrected chi connectivity index (χ2v) is 4.72. The van der Waals surface area contributed by atoms with Crippen molar-refractivity contribution < 1.29 is 17.1 Å². The van der Waals surface area contributed by atoms with Gasteiger partial charge in [0.2, 0.25) is 0 Å². The first-order valence-electron chi connectivity index (χ1n) is 5.82. The van der Waals surface area contributed by atoms with E-state index in [1.807, 2.05) is 0 Å². The van der Waals surface area contributed by atoms with Crippen LogP contribution < -0.4 is 0 Å². The Hall–Kier alpha value is -0.781. The molecule has 2 aromatic carbocycles. The van der Waals surface area contributed by atoms with Gasteiger partial charge in [0.15, 0.2) is 0 Å². The molecule has 0 amide bonds. The molecule has 0 saturated carbocycles. The third-order valence-electron chi connectivity index (χ3n) is 3.28. The van der Waals surface area contributed by atoms with Crippen LogP contribution >= 0.6 is 0 Å². The summed E-state index contributed by atoms with van der Waals surface area (Å²) in [6, 6.07) is 8.72. The summed E-state index contributed by atoms with van der Waals surface area (Å²) in [6.45, 7) is 12.8. The first kappa shape index (κ1) is 16.2. The second-order valence-electron chi connectivity index (χ2n) is 4.72. The Morgan fingerprint density at radius 1 is 0.824 bits per heavy atom. The van der Waals surface area contributed by atoms with Crippen LogP contribution in [0.4, 0.5) is 0 Å². The third-order valence-corrected chi connectivity index (χ3v) is 3.28. The van der Waals surface area contributed by atoms with E-state index in [0.29, 0.717) is 0 Å². The summed E-state index contributed by atoms with van der Waals surface area (Å²) >= 11 is 0. The fraction of sp³-hybridized carbons (Fsp3) is 0.375. The molecular formula is C16H22Fe-6. The monoisotopic (exact) mass is 270 g/mol. The van der Waals surface area contributed by atoms with Gasteiger partial charge in [0.25, 0.3) is 0 Å². The first-order valence-corrected chi connectivity index (χ1v) is 5.82. The van der Waals surface area contributed by atoms with Crippen LogP contribution in [0.5, 0.6) is 0 Å². The van der Waals surface area contributed by atoms with Gasteiger partial charge in [0.1, 0.15) is 0 Å². The van der Waals surface area contributed by atoms with E-state index in [0.717, 1.165) is 0 Å². The van der Waals surface area contributed by atoms with Gasteiger partial charge in [-0.2, -0.15) is 28.8 Å². The van der Waals surface area contributed by atoms with Crippen LogP contribution in [0.25, 0.3) is 0 Å². The van der Waals surface area contributed by atoms with Crippen molar-refractivity contribution in [2.24, 2.45) is 0 Å². The van der Waals surface area contributed by atoms with Gasteiger partial charge in [-0.25, -0.2) is 20.8 Å². The molecule has 0 atom stereocenters. The molecule has 0 aliphatic carbocycles. The zero-order chi connectivity index (χ0) is 12.3. The van der Waals surface area contributed by atoms with Crippen molar-refractivity contribution in [3.63, 3.8) is 0 Å². The molecule has 0 bridgehead atoms. The Kier molecular flexibility index (Phi) is 6.52. The van der Waals surface area contributed by atoms with Gasteiger partial charge in [-0.1, -0.05) is 20.8 Å². The summed E-state index contributed by atoms with van der Waals surface area (Å²) in [7, 11) is 0. The standard InChI is InChI=1S/2C8H11.Fe/c1-6-4-7(2)8(3)5-6;1-6-4-5-7(2)8(6)3;/h2*4-5H,1-3H3;/q-1;-5;. The summed E-state index contributed by atoms with van der Waals surface area (Å²) in [5, 5.41) is 0. The van der Waals surface area contributed by atoms with E-state index in [1.54, 1.807) is 0 Å². The molecule has 0 nitrogen and oxygen atoms in total. The molecule has 0 aliphatic heterocycles. The number of aryl methyl sites for hydroxylation is 5. The van der Waals surface area contributed by atoms with E-state index < -0.39 is 0 Å². The Balaban J connectivity index is 0.000000284. The van der Waals surface area contributed by atoms with Crippen molar-refractivity contribution in [2.45, 2.75) is 41.5 Å². The zero-order valence-corrected chi connectivity index (χ0v) is 12.8. The molecule has 2 rings (SSSR count). The predicted molar refractivity (Wildman–Crippen MR) is 72.5 cm³/mol. The molecule has 100 valence electrons. The van der Waals surface area contributed by atoms with Crippen LogP contribution in [0, 0.1) is 41.5 Å². The van der Waals surface area contributed by atoms with Crippen molar-refractivity contribution in [2.75, 3.05) is 0 Å². The topological polar surface area (TPSA) is 0 Å². The van der Waals surface area contributed by atoms with Gasteiger partial charge in [-0.05, 0) is 0 Å². The molecule has 0 aromatic heterocycles. The first-order chi connectivity index (χ1) is 7.41. The Bertz CT molecular complexity index is 419. The zero-order valence-electron chi connectivity index (χ0n) is 11.7. The minimum Gasteiger partial charge on any atom is -0.745 e. The fourth-order valence-electron chi connectivity index (χ4n) is 1.76. The van der Waals surface area contributed by atoms with Crippen molar-refractivity contribution in [1.29, 1.82) is 0 Å². The summed E-state index contributed by atoms with van der Waals surface area (Å²) in [5.41, 5.74) is 8.43. The summed E-state index contributed by atoms with van der Waals surface area (Å²) in [4.78, 5) is 0. The summed E-state index contributed by atoms with van der Waals surface area (Å²) < 4.78 is 0. The fourth-order valence-corrected chi connectivity index (χ4v) is 1.76. The summed E-state index contributed by atoms with van der Waals surface area (Å²) in [6.07, 6.45) is 0. The molecule has 0 radical (unpaired) electrons. The SMILES string of the molecule is C[c-]1[cH-][cH-][c-](C)[c-]1C.Cc1c[c-](C)cc1C.[Fe]. The third kappa shape index (κ3) is 4.53. The minimum atomic E-state index is 0. The average Bonchev–Trinajstić information content (AvgIpc) is 2.65. The molecule has 0 heterocycles. The average molecular weight is 270 g/mol. The van der Waals surface area contributed by atoms with E-state index in [9.17, 15) is 0 Å². The molecule has 0 spiro atoms. The molecule has 17 heavy (non-hydrogen) atoms. The molecule has 0 unspecified atom stereocenters.